The zero-order valence-electron chi connectivity index (χ0n) is 12.0. The Balaban J connectivity index is 2.40. The molecule has 19 heavy (non-hydrogen) atoms. The van der Waals surface area contributed by atoms with Crippen LogP contribution < -0.4 is 24.4 Å². The minimum Gasteiger partial charge on any atom is -0.493 e. The molecule has 1 N–H and O–H groups in total. The summed E-state index contributed by atoms with van der Waals surface area (Å²) in [4.78, 5) is 2.35. The Morgan fingerprint density at radius 3 is 2.21 bits per heavy atom. The van der Waals surface area contributed by atoms with Crippen LogP contribution in [0.2, 0.25) is 0 Å². The van der Waals surface area contributed by atoms with Crippen LogP contribution >= 0.6 is 0 Å². The number of hydrogen-bond acceptors (Lipinski definition) is 5. The lowest BCUT2D eigenvalue weighted by Crippen LogP contribution is -2.49. The molecule has 0 saturated carbocycles. The highest BCUT2D eigenvalue weighted by molar-refractivity contribution is 5.64. The zero-order valence-corrected chi connectivity index (χ0v) is 12.0. The summed E-state index contributed by atoms with van der Waals surface area (Å²) in [6, 6.07) is 4.45. The van der Waals surface area contributed by atoms with Gasteiger partial charge in [-0.3, -0.25) is 0 Å². The van der Waals surface area contributed by atoms with E-state index in [1.54, 1.807) is 21.3 Å². The smallest absolute Gasteiger partial charge is 0.203 e. The van der Waals surface area contributed by atoms with E-state index in [1.165, 1.54) is 0 Å². The molecule has 1 aromatic rings. The topological polar surface area (TPSA) is 43.0 Å². The first-order chi connectivity index (χ1) is 9.21. The first-order valence-electron chi connectivity index (χ1n) is 6.48. The zero-order chi connectivity index (χ0) is 13.8. The highest BCUT2D eigenvalue weighted by Crippen LogP contribution is 2.41. The summed E-state index contributed by atoms with van der Waals surface area (Å²) in [6.07, 6.45) is 0. The number of nitrogens with one attached hydrogen (secondary N) is 1. The monoisotopic (exact) mass is 266 g/mol. The molecule has 5 heteroatoms. The van der Waals surface area contributed by atoms with E-state index in [9.17, 15) is 0 Å². The standard InChI is InChI=1S/C14H22N2O3/c1-10-9-15-5-6-16(10)11-7-12(17-2)14(19-4)13(8-11)18-3/h7-8,10,15H,5-6,9H2,1-4H3. The van der Waals surface area contributed by atoms with Crippen molar-refractivity contribution in [3.63, 3.8) is 0 Å². The van der Waals surface area contributed by atoms with Crippen molar-refractivity contribution in [3.8, 4) is 17.2 Å². The van der Waals surface area contributed by atoms with Gasteiger partial charge in [-0.15, -0.1) is 0 Å². The van der Waals surface area contributed by atoms with Crippen LogP contribution in [0.15, 0.2) is 12.1 Å². The number of piperazine rings is 1. The molecule has 1 atom stereocenters. The molecule has 1 fully saturated rings. The third kappa shape index (κ3) is 2.71. The molecule has 2 rings (SSSR count). The quantitative estimate of drug-likeness (QED) is 0.895. The molecule has 1 unspecified atom stereocenters. The molecule has 1 aromatic carbocycles. The van der Waals surface area contributed by atoms with Gasteiger partial charge in [-0.1, -0.05) is 0 Å². The molecule has 1 saturated heterocycles. The van der Waals surface area contributed by atoms with Crippen LogP contribution in [0.3, 0.4) is 0 Å². The molecule has 5 nitrogen and oxygen atoms in total. The minimum atomic E-state index is 0.441. The fourth-order valence-electron chi connectivity index (χ4n) is 2.46. The van der Waals surface area contributed by atoms with Gasteiger partial charge in [0, 0.05) is 43.5 Å². The summed E-state index contributed by atoms with van der Waals surface area (Å²) < 4.78 is 16.1. The Bertz CT molecular complexity index is 412. The lowest BCUT2D eigenvalue weighted by molar-refractivity contribution is 0.324. The second kappa shape index (κ2) is 6.02. The molecule has 0 bridgehead atoms. The lowest BCUT2D eigenvalue weighted by atomic mass is 10.1. The maximum atomic E-state index is 5.40. The molecule has 0 radical (unpaired) electrons. The van der Waals surface area contributed by atoms with Crippen LogP contribution in [-0.4, -0.2) is 47.0 Å². The highest BCUT2D eigenvalue weighted by atomic mass is 16.5. The van der Waals surface area contributed by atoms with Crippen LogP contribution in [0.5, 0.6) is 17.2 Å². The van der Waals surface area contributed by atoms with Crippen molar-refractivity contribution < 1.29 is 14.2 Å². The van der Waals surface area contributed by atoms with Gasteiger partial charge in [0.15, 0.2) is 11.5 Å². The van der Waals surface area contributed by atoms with Crippen LogP contribution in [0.4, 0.5) is 5.69 Å². The van der Waals surface area contributed by atoms with E-state index in [-0.39, 0.29) is 0 Å². The molecule has 0 aliphatic carbocycles. The SMILES string of the molecule is COc1cc(N2CCNCC2C)cc(OC)c1OC. The van der Waals surface area contributed by atoms with Crippen molar-refractivity contribution in [1.29, 1.82) is 0 Å². The fraction of sp³-hybridized carbons (Fsp3) is 0.571. The van der Waals surface area contributed by atoms with Crippen molar-refractivity contribution in [2.45, 2.75) is 13.0 Å². The van der Waals surface area contributed by atoms with Gasteiger partial charge < -0.3 is 24.4 Å². The van der Waals surface area contributed by atoms with E-state index in [1.807, 2.05) is 12.1 Å². The summed E-state index contributed by atoms with van der Waals surface area (Å²) in [5.41, 5.74) is 1.10. The van der Waals surface area contributed by atoms with Crippen molar-refractivity contribution in [2.24, 2.45) is 0 Å². The molecule has 1 heterocycles. The average Bonchev–Trinajstić information content (AvgIpc) is 2.46. The second-order valence-corrected chi connectivity index (χ2v) is 4.63. The Morgan fingerprint density at radius 1 is 1.11 bits per heavy atom. The number of nitrogens with zero attached hydrogens (tertiary/aromatic N) is 1. The van der Waals surface area contributed by atoms with E-state index >= 15 is 0 Å². The molecular formula is C14H22N2O3. The normalized spacial score (nSPS) is 19.2. The van der Waals surface area contributed by atoms with Crippen LogP contribution in [-0.2, 0) is 0 Å². The van der Waals surface area contributed by atoms with Crippen molar-refractivity contribution in [1.82, 2.24) is 5.32 Å². The molecule has 0 aromatic heterocycles. The summed E-state index contributed by atoms with van der Waals surface area (Å²) in [6.45, 7) is 5.15. The van der Waals surface area contributed by atoms with Gasteiger partial charge >= 0.3 is 0 Å². The van der Waals surface area contributed by atoms with Gasteiger partial charge in [-0.2, -0.15) is 0 Å². The third-order valence-corrected chi connectivity index (χ3v) is 3.48. The van der Waals surface area contributed by atoms with Crippen LogP contribution in [0, 0.1) is 0 Å². The largest absolute Gasteiger partial charge is 0.493 e. The van der Waals surface area contributed by atoms with E-state index < -0.39 is 0 Å². The Labute approximate surface area is 114 Å². The van der Waals surface area contributed by atoms with Gasteiger partial charge in [-0.25, -0.2) is 0 Å². The van der Waals surface area contributed by atoms with Crippen molar-refractivity contribution in [3.05, 3.63) is 12.1 Å². The van der Waals surface area contributed by atoms with Gasteiger partial charge in [0.1, 0.15) is 0 Å². The number of ether oxygens (including phenoxy) is 3. The Kier molecular flexibility index (Phi) is 4.37. The Hall–Kier alpha value is -1.62. The lowest BCUT2D eigenvalue weighted by Gasteiger charge is -2.36. The Morgan fingerprint density at radius 2 is 1.74 bits per heavy atom. The molecule has 0 spiro atoms. The van der Waals surface area contributed by atoms with Gasteiger partial charge in [0.2, 0.25) is 5.75 Å². The average molecular weight is 266 g/mol. The summed E-state index contributed by atoms with van der Waals surface area (Å²) in [7, 11) is 4.90. The number of rotatable bonds is 4. The van der Waals surface area contributed by atoms with E-state index in [4.69, 9.17) is 14.2 Å². The van der Waals surface area contributed by atoms with E-state index in [2.05, 4.69) is 17.1 Å². The third-order valence-electron chi connectivity index (χ3n) is 3.48. The molecule has 1 aliphatic heterocycles. The van der Waals surface area contributed by atoms with Gasteiger partial charge in [0.05, 0.1) is 21.3 Å². The summed E-state index contributed by atoms with van der Waals surface area (Å²) in [5, 5.41) is 3.39. The van der Waals surface area contributed by atoms with E-state index in [0.717, 1.165) is 25.3 Å². The molecule has 106 valence electrons. The first-order valence-corrected chi connectivity index (χ1v) is 6.48. The predicted octanol–water partition coefficient (Wildman–Crippen LogP) is 1.51. The van der Waals surface area contributed by atoms with Gasteiger partial charge in [0.25, 0.3) is 0 Å². The summed E-state index contributed by atoms with van der Waals surface area (Å²) in [5.74, 6) is 2.03. The van der Waals surface area contributed by atoms with Crippen molar-refractivity contribution >= 4 is 5.69 Å². The van der Waals surface area contributed by atoms with Crippen LogP contribution in [0.25, 0.3) is 0 Å². The second-order valence-electron chi connectivity index (χ2n) is 4.63. The molecule has 1 aliphatic rings. The molecular weight excluding hydrogens is 244 g/mol. The summed E-state index contributed by atoms with van der Waals surface area (Å²) >= 11 is 0. The first kappa shape index (κ1) is 13.8. The van der Waals surface area contributed by atoms with E-state index in [0.29, 0.717) is 23.3 Å². The van der Waals surface area contributed by atoms with Crippen LogP contribution in [0.1, 0.15) is 6.92 Å². The molecule has 0 amide bonds. The van der Waals surface area contributed by atoms with Gasteiger partial charge in [-0.05, 0) is 6.92 Å². The number of methoxy groups -OCH3 is 3. The number of hydrogen-bond donors (Lipinski definition) is 1. The van der Waals surface area contributed by atoms with Crippen molar-refractivity contribution in [2.75, 3.05) is 45.9 Å². The fourth-order valence-corrected chi connectivity index (χ4v) is 2.46. The maximum absolute atomic E-state index is 5.40. The minimum absolute atomic E-state index is 0.441. The maximum Gasteiger partial charge on any atom is 0.203 e. The predicted molar refractivity (Wildman–Crippen MR) is 75.8 cm³/mol. The number of anilines is 1. The highest BCUT2D eigenvalue weighted by Gasteiger charge is 2.22. The number of benzene rings is 1.